The van der Waals surface area contributed by atoms with E-state index in [0.717, 1.165) is 17.6 Å². The number of nitrogens with zero attached hydrogens (tertiary/aromatic N) is 2. The van der Waals surface area contributed by atoms with Crippen molar-refractivity contribution in [3.8, 4) is 0 Å². The van der Waals surface area contributed by atoms with E-state index in [-0.39, 0.29) is 5.91 Å². The number of anilines is 1. The van der Waals surface area contributed by atoms with Crippen molar-refractivity contribution in [1.82, 2.24) is 9.88 Å². The monoisotopic (exact) mass is 329 g/mol. The lowest BCUT2D eigenvalue weighted by Gasteiger charge is -2.34. The van der Waals surface area contributed by atoms with Crippen molar-refractivity contribution in [2.24, 2.45) is 0 Å². The maximum atomic E-state index is 12.4. The van der Waals surface area contributed by atoms with Crippen molar-refractivity contribution >= 4 is 39.4 Å². The molecular weight excluding hydrogens is 314 g/mol. The molecule has 2 heterocycles. The van der Waals surface area contributed by atoms with Crippen molar-refractivity contribution in [3.63, 3.8) is 0 Å². The molecule has 2 unspecified atom stereocenters. The van der Waals surface area contributed by atoms with E-state index in [1.54, 1.807) is 12.3 Å². The van der Waals surface area contributed by atoms with Crippen LogP contribution in [0.2, 0.25) is 0 Å². The fourth-order valence-electron chi connectivity index (χ4n) is 2.14. The van der Waals surface area contributed by atoms with Gasteiger partial charge in [-0.05, 0) is 22.0 Å². The molecule has 0 radical (unpaired) electrons. The SMILES string of the molecule is CC1CN(C(=O)c2cc(Br)cnc2N)CC(C)S1. The highest BCUT2D eigenvalue weighted by Gasteiger charge is 2.27. The highest BCUT2D eigenvalue weighted by atomic mass is 79.9. The summed E-state index contributed by atoms with van der Waals surface area (Å²) in [5.74, 6) is 0.266. The normalized spacial score (nSPS) is 24.1. The summed E-state index contributed by atoms with van der Waals surface area (Å²) in [7, 11) is 0. The number of carbonyl (C=O) groups is 1. The first-order valence-corrected chi connectivity index (χ1v) is 7.56. The quantitative estimate of drug-likeness (QED) is 0.859. The number of aromatic nitrogens is 1. The van der Waals surface area contributed by atoms with Crippen LogP contribution in [-0.4, -0.2) is 39.4 Å². The first-order chi connectivity index (χ1) is 8.47. The molecule has 18 heavy (non-hydrogen) atoms. The predicted molar refractivity (Wildman–Crippen MR) is 78.8 cm³/mol. The molecule has 2 rings (SSSR count). The molecule has 2 atom stereocenters. The van der Waals surface area contributed by atoms with E-state index in [4.69, 9.17) is 5.73 Å². The number of nitrogens with two attached hydrogens (primary N) is 1. The van der Waals surface area contributed by atoms with Gasteiger partial charge in [-0.15, -0.1) is 0 Å². The summed E-state index contributed by atoms with van der Waals surface area (Å²) in [4.78, 5) is 18.3. The Balaban J connectivity index is 2.22. The summed E-state index contributed by atoms with van der Waals surface area (Å²) in [5, 5.41) is 0.915. The molecule has 1 fully saturated rings. The molecule has 6 heteroatoms. The van der Waals surface area contributed by atoms with Crippen LogP contribution in [0, 0.1) is 0 Å². The number of thioether (sulfide) groups is 1. The summed E-state index contributed by atoms with van der Waals surface area (Å²) >= 11 is 5.23. The molecule has 1 amide bonds. The summed E-state index contributed by atoms with van der Waals surface area (Å²) in [6, 6.07) is 1.74. The molecule has 0 saturated carbocycles. The number of halogens is 1. The van der Waals surface area contributed by atoms with Gasteiger partial charge in [0.05, 0.1) is 5.56 Å². The van der Waals surface area contributed by atoms with Gasteiger partial charge in [-0.25, -0.2) is 4.98 Å². The van der Waals surface area contributed by atoms with Gasteiger partial charge in [0.25, 0.3) is 5.91 Å². The van der Waals surface area contributed by atoms with Crippen LogP contribution in [0.15, 0.2) is 16.7 Å². The number of hydrogen-bond acceptors (Lipinski definition) is 4. The lowest BCUT2D eigenvalue weighted by molar-refractivity contribution is 0.0754. The first-order valence-electron chi connectivity index (χ1n) is 5.83. The lowest BCUT2D eigenvalue weighted by atomic mass is 10.2. The van der Waals surface area contributed by atoms with Gasteiger partial charge in [-0.1, -0.05) is 13.8 Å². The van der Waals surface area contributed by atoms with Gasteiger partial charge in [0.2, 0.25) is 0 Å². The van der Waals surface area contributed by atoms with Crippen molar-refractivity contribution < 1.29 is 4.79 Å². The molecule has 1 aliphatic heterocycles. The number of nitrogen functional groups attached to an aromatic ring is 1. The molecule has 0 spiro atoms. The van der Waals surface area contributed by atoms with E-state index in [2.05, 4.69) is 34.8 Å². The van der Waals surface area contributed by atoms with E-state index in [1.807, 2.05) is 16.7 Å². The van der Waals surface area contributed by atoms with Gasteiger partial charge in [0.15, 0.2) is 0 Å². The van der Waals surface area contributed by atoms with E-state index in [0.29, 0.717) is 21.9 Å². The smallest absolute Gasteiger partial charge is 0.257 e. The largest absolute Gasteiger partial charge is 0.383 e. The highest BCUT2D eigenvalue weighted by Crippen LogP contribution is 2.27. The number of pyridine rings is 1. The second kappa shape index (κ2) is 5.48. The Morgan fingerprint density at radius 1 is 1.50 bits per heavy atom. The summed E-state index contributed by atoms with van der Waals surface area (Å²) in [6.45, 7) is 5.81. The standard InChI is InChI=1S/C12H16BrN3OS/c1-7-5-16(6-8(2)18-7)12(17)10-3-9(13)4-15-11(10)14/h3-4,7-8H,5-6H2,1-2H3,(H2,14,15). The molecule has 1 aromatic rings. The highest BCUT2D eigenvalue weighted by molar-refractivity contribution is 9.10. The van der Waals surface area contributed by atoms with E-state index in [1.165, 1.54) is 0 Å². The molecule has 98 valence electrons. The van der Waals surface area contributed by atoms with Crippen LogP contribution in [0.1, 0.15) is 24.2 Å². The fourth-order valence-corrected chi connectivity index (χ4v) is 3.79. The van der Waals surface area contributed by atoms with Crippen molar-refractivity contribution in [2.45, 2.75) is 24.3 Å². The van der Waals surface area contributed by atoms with Crippen LogP contribution < -0.4 is 5.73 Å². The zero-order valence-corrected chi connectivity index (χ0v) is 12.8. The van der Waals surface area contributed by atoms with Crippen LogP contribution in [-0.2, 0) is 0 Å². The van der Waals surface area contributed by atoms with Crippen LogP contribution in [0.3, 0.4) is 0 Å². The minimum absolute atomic E-state index is 0.0275. The van der Waals surface area contributed by atoms with Crippen LogP contribution >= 0.6 is 27.7 Å². The molecular formula is C12H16BrN3OS. The fraction of sp³-hybridized carbons (Fsp3) is 0.500. The third-order valence-corrected chi connectivity index (χ3v) is 4.48. The summed E-state index contributed by atoms with van der Waals surface area (Å²) < 4.78 is 0.771. The van der Waals surface area contributed by atoms with Gasteiger partial charge in [0.1, 0.15) is 5.82 Å². The number of hydrogen-bond donors (Lipinski definition) is 1. The molecule has 0 bridgehead atoms. The Morgan fingerprint density at radius 3 is 2.72 bits per heavy atom. The zero-order valence-electron chi connectivity index (χ0n) is 10.4. The molecule has 0 aliphatic carbocycles. The van der Waals surface area contributed by atoms with E-state index < -0.39 is 0 Å². The van der Waals surface area contributed by atoms with Crippen LogP contribution in [0.5, 0.6) is 0 Å². The van der Waals surface area contributed by atoms with Gasteiger partial charge >= 0.3 is 0 Å². The zero-order chi connectivity index (χ0) is 13.3. The topological polar surface area (TPSA) is 59.2 Å². The Labute approximate surface area is 119 Å². The van der Waals surface area contributed by atoms with Gasteiger partial charge in [-0.3, -0.25) is 4.79 Å². The molecule has 1 saturated heterocycles. The Morgan fingerprint density at radius 2 is 2.11 bits per heavy atom. The average Bonchev–Trinajstić information content (AvgIpc) is 2.30. The molecule has 2 N–H and O–H groups in total. The molecule has 1 aliphatic rings. The van der Waals surface area contributed by atoms with Crippen molar-refractivity contribution in [2.75, 3.05) is 18.8 Å². The molecule has 1 aromatic heterocycles. The van der Waals surface area contributed by atoms with E-state index in [9.17, 15) is 4.79 Å². The second-order valence-electron chi connectivity index (χ2n) is 4.55. The van der Waals surface area contributed by atoms with Crippen LogP contribution in [0.25, 0.3) is 0 Å². The minimum atomic E-state index is -0.0275. The predicted octanol–water partition coefficient (Wildman–Crippen LogP) is 2.39. The summed E-state index contributed by atoms with van der Waals surface area (Å²) in [6.07, 6.45) is 1.60. The second-order valence-corrected chi connectivity index (χ2v) is 7.35. The van der Waals surface area contributed by atoms with Crippen molar-refractivity contribution in [3.05, 3.63) is 22.3 Å². The number of rotatable bonds is 1. The Hall–Kier alpha value is -0.750. The van der Waals surface area contributed by atoms with E-state index >= 15 is 0 Å². The lowest BCUT2D eigenvalue weighted by Crippen LogP contribution is -2.44. The van der Waals surface area contributed by atoms with Crippen molar-refractivity contribution in [1.29, 1.82) is 0 Å². The van der Waals surface area contributed by atoms with Gasteiger partial charge in [-0.2, -0.15) is 11.8 Å². The molecule has 4 nitrogen and oxygen atoms in total. The molecule has 0 aromatic carbocycles. The Bertz CT molecular complexity index is 459. The Kier molecular flexibility index (Phi) is 4.17. The third-order valence-electron chi connectivity index (χ3n) is 2.82. The summed E-state index contributed by atoms with van der Waals surface area (Å²) in [5.41, 5.74) is 6.26. The minimum Gasteiger partial charge on any atom is -0.383 e. The maximum absolute atomic E-state index is 12.4. The number of carbonyl (C=O) groups excluding carboxylic acids is 1. The van der Waals surface area contributed by atoms with Gasteiger partial charge in [0, 0.05) is 34.3 Å². The number of amides is 1. The van der Waals surface area contributed by atoms with Crippen LogP contribution in [0.4, 0.5) is 5.82 Å². The first kappa shape index (κ1) is 13.7. The third kappa shape index (κ3) is 2.98. The van der Waals surface area contributed by atoms with Gasteiger partial charge < -0.3 is 10.6 Å². The average molecular weight is 330 g/mol. The maximum Gasteiger partial charge on any atom is 0.257 e.